The average molecular weight is 238 g/mol. The van der Waals surface area contributed by atoms with E-state index < -0.39 is 0 Å². The lowest BCUT2D eigenvalue weighted by Gasteiger charge is -2.01. The summed E-state index contributed by atoms with van der Waals surface area (Å²) in [7, 11) is 0. The van der Waals surface area contributed by atoms with Crippen LogP contribution in [-0.4, -0.2) is 21.5 Å². The van der Waals surface area contributed by atoms with Gasteiger partial charge in [0.25, 0.3) is 0 Å². The zero-order valence-electron chi connectivity index (χ0n) is 9.93. The van der Waals surface area contributed by atoms with E-state index >= 15 is 0 Å². The van der Waals surface area contributed by atoms with Crippen LogP contribution in [-0.2, 0) is 6.42 Å². The molecule has 3 rings (SSSR count). The molecule has 0 spiro atoms. The smallest absolute Gasteiger partial charge is 0.130 e. The summed E-state index contributed by atoms with van der Waals surface area (Å²) >= 11 is 0. The van der Waals surface area contributed by atoms with Crippen LogP contribution in [0, 0.1) is 0 Å². The normalized spacial score (nSPS) is 10.9. The molecule has 0 radical (unpaired) electrons. The van der Waals surface area contributed by atoms with Crippen molar-refractivity contribution in [1.82, 2.24) is 15.0 Å². The Hall–Kier alpha value is -2.20. The van der Waals surface area contributed by atoms with E-state index in [2.05, 4.69) is 27.1 Å². The monoisotopic (exact) mass is 238 g/mol. The molecule has 0 saturated heterocycles. The molecule has 3 N–H and O–H groups in total. The first-order chi connectivity index (χ1) is 8.88. The number of nitrogens with one attached hydrogen (secondary N) is 1. The number of rotatable bonds is 3. The molecule has 90 valence electrons. The van der Waals surface area contributed by atoms with Gasteiger partial charge in [0.2, 0.25) is 0 Å². The molecule has 18 heavy (non-hydrogen) atoms. The fraction of sp³-hybridized carbons (Fsp3) is 0.143. The van der Waals surface area contributed by atoms with Crippen LogP contribution in [0.15, 0.2) is 42.7 Å². The molecular weight excluding hydrogens is 224 g/mol. The number of aromatic nitrogens is 3. The molecule has 0 aliphatic rings. The average Bonchev–Trinajstić information content (AvgIpc) is 2.83. The molecule has 0 saturated carbocycles. The predicted molar refractivity (Wildman–Crippen MR) is 72.1 cm³/mol. The van der Waals surface area contributed by atoms with Crippen LogP contribution in [0.3, 0.4) is 0 Å². The highest BCUT2D eigenvalue weighted by atomic mass is 14.9. The minimum atomic E-state index is 0.567. The highest BCUT2D eigenvalue weighted by molar-refractivity contribution is 5.94. The van der Waals surface area contributed by atoms with Crippen LogP contribution in [0.5, 0.6) is 0 Å². The van der Waals surface area contributed by atoms with Crippen molar-refractivity contribution in [3.05, 3.63) is 48.5 Å². The van der Waals surface area contributed by atoms with Gasteiger partial charge in [0.1, 0.15) is 5.82 Å². The minimum absolute atomic E-state index is 0.567. The summed E-state index contributed by atoms with van der Waals surface area (Å²) in [6, 6.07) is 10.1. The van der Waals surface area contributed by atoms with E-state index in [1.807, 2.05) is 24.4 Å². The molecule has 3 aromatic rings. The molecule has 0 aliphatic heterocycles. The third kappa shape index (κ3) is 1.87. The Morgan fingerprint density at radius 3 is 2.94 bits per heavy atom. The van der Waals surface area contributed by atoms with E-state index in [4.69, 9.17) is 5.73 Å². The first-order valence-electron chi connectivity index (χ1n) is 5.97. The molecule has 0 atom stereocenters. The number of aromatic amines is 1. The zero-order valence-corrected chi connectivity index (χ0v) is 9.93. The number of H-pyrrole nitrogens is 1. The maximum Gasteiger partial charge on any atom is 0.130 e. The SMILES string of the molecule is NCCc1nccc(-c2c[nH]c3ccccc23)n1. The maximum atomic E-state index is 5.53. The summed E-state index contributed by atoms with van der Waals surface area (Å²) < 4.78 is 0. The van der Waals surface area contributed by atoms with Gasteiger partial charge in [0.15, 0.2) is 0 Å². The first kappa shape index (κ1) is 10.9. The number of benzene rings is 1. The fourth-order valence-electron chi connectivity index (χ4n) is 2.08. The van der Waals surface area contributed by atoms with Crippen molar-refractivity contribution in [3.8, 4) is 11.3 Å². The molecular formula is C14H14N4. The summed E-state index contributed by atoms with van der Waals surface area (Å²) in [6.45, 7) is 0.567. The number of hydrogen-bond acceptors (Lipinski definition) is 3. The standard InChI is InChI=1S/C14H14N4/c15-7-5-14-16-8-6-13(18-14)11-9-17-12-4-2-1-3-10(11)12/h1-4,6,8-9,17H,5,7,15H2. The van der Waals surface area contributed by atoms with E-state index in [1.165, 1.54) is 5.39 Å². The first-order valence-corrected chi connectivity index (χ1v) is 5.97. The van der Waals surface area contributed by atoms with Gasteiger partial charge >= 0.3 is 0 Å². The number of para-hydroxylation sites is 1. The molecule has 0 unspecified atom stereocenters. The lowest BCUT2D eigenvalue weighted by molar-refractivity contribution is 0.870. The number of hydrogen-bond donors (Lipinski definition) is 2. The largest absolute Gasteiger partial charge is 0.360 e. The molecule has 0 aliphatic carbocycles. The summed E-state index contributed by atoms with van der Waals surface area (Å²) in [6.07, 6.45) is 4.48. The lowest BCUT2D eigenvalue weighted by Crippen LogP contribution is -2.06. The molecule has 0 amide bonds. The third-order valence-corrected chi connectivity index (χ3v) is 2.94. The minimum Gasteiger partial charge on any atom is -0.360 e. The Labute approximate surface area is 105 Å². The summed E-state index contributed by atoms with van der Waals surface area (Å²) in [5, 5.41) is 1.18. The molecule has 0 bridgehead atoms. The topological polar surface area (TPSA) is 67.6 Å². The van der Waals surface area contributed by atoms with E-state index in [-0.39, 0.29) is 0 Å². The molecule has 2 heterocycles. The lowest BCUT2D eigenvalue weighted by atomic mass is 10.1. The number of nitrogens with zero attached hydrogens (tertiary/aromatic N) is 2. The Balaban J connectivity index is 2.11. The van der Waals surface area contributed by atoms with Gasteiger partial charge in [-0.05, 0) is 18.7 Å². The van der Waals surface area contributed by atoms with Crippen LogP contribution in [0.1, 0.15) is 5.82 Å². The molecule has 4 heteroatoms. The van der Waals surface area contributed by atoms with E-state index in [9.17, 15) is 0 Å². The van der Waals surface area contributed by atoms with Gasteiger partial charge in [-0.25, -0.2) is 9.97 Å². The molecule has 1 aromatic carbocycles. The molecule has 2 aromatic heterocycles. The van der Waals surface area contributed by atoms with Crippen LogP contribution in [0.4, 0.5) is 0 Å². The van der Waals surface area contributed by atoms with Crippen molar-refractivity contribution >= 4 is 10.9 Å². The second-order valence-corrected chi connectivity index (χ2v) is 4.14. The van der Waals surface area contributed by atoms with Crippen LogP contribution in [0.25, 0.3) is 22.2 Å². The van der Waals surface area contributed by atoms with Gasteiger partial charge in [-0.1, -0.05) is 18.2 Å². The van der Waals surface area contributed by atoms with Crippen molar-refractivity contribution in [2.45, 2.75) is 6.42 Å². The van der Waals surface area contributed by atoms with Gasteiger partial charge < -0.3 is 10.7 Å². The molecule has 0 fully saturated rings. The molecule has 4 nitrogen and oxygen atoms in total. The Bertz CT molecular complexity index is 672. The number of fused-ring (bicyclic) bond motifs is 1. The van der Waals surface area contributed by atoms with Crippen LogP contribution < -0.4 is 5.73 Å². The van der Waals surface area contributed by atoms with Gasteiger partial charge in [-0.3, -0.25) is 0 Å². The van der Waals surface area contributed by atoms with Crippen molar-refractivity contribution in [3.63, 3.8) is 0 Å². The van der Waals surface area contributed by atoms with Crippen molar-refractivity contribution < 1.29 is 0 Å². The van der Waals surface area contributed by atoms with E-state index in [0.717, 1.165) is 22.6 Å². The Morgan fingerprint density at radius 2 is 2.06 bits per heavy atom. The van der Waals surface area contributed by atoms with Gasteiger partial charge in [0, 0.05) is 35.3 Å². The van der Waals surface area contributed by atoms with Crippen molar-refractivity contribution in [1.29, 1.82) is 0 Å². The highest BCUT2D eigenvalue weighted by Crippen LogP contribution is 2.26. The van der Waals surface area contributed by atoms with Crippen LogP contribution in [0.2, 0.25) is 0 Å². The Kier molecular flexibility index (Phi) is 2.78. The fourth-order valence-corrected chi connectivity index (χ4v) is 2.08. The van der Waals surface area contributed by atoms with Gasteiger partial charge in [0.05, 0.1) is 5.69 Å². The van der Waals surface area contributed by atoms with Crippen LogP contribution >= 0.6 is 0 Å². The van der Waals surface area contributed by atoms with Gasteiger partial charge in [-0.2, -0.15) is 0 Å². The summed E-state index contributed by atoms with van der Waals surface area (Å²) in [5.74, 6) is 0.792. The van der Waals surface area contributed by atoms with E-state index in [1.54, 1.807) is 6.20 Å². The highest BCUT2D eigenvalue weighted by Gasteiger charge is 2.07. The maximum absolute atomic E-state index is 5.53. The predicted octanol–water partition coefficient (Wildman–Crippen LogP) is 2.13. The van der Waals surface area contributed by atoms with E-state index in [0.29, 0.717) is 13.0 Å². The second kappa shape index (κ2) is 4.58. The van der Waals surface area contributed by atoms with Crippen molar-refractivity contribution in [2.24, 2.45) is 5.73 Å². The summed E-state index contributed by atoms with van der Waals surface area (Å²) in [4.78, 5) is 12.0. The van der Waals surface area contributed by atoms with Gasteiger partial charge in [-0.15, -0.1) is 0 Å². The second-order valence-electron chi connectivity index (χ2n) is 4.14. The Morgan fingerprint density at radius 1 is 1.17 bits per heavy atom. The summed E-state index contributed by atoms with van der Waals surface area (Å²) in [5.41, 5.74) is 8.69. The third-order valence-electron chi connectivity index (χ3n) is 2.94. The number of nitrogens with two attached hydrogens (primary N) is 1. The zero-order chi connectivity index (χ0) is 12.4. The van der Waals surface area contributed by atoms with Crippen molar-refractivity contribution in [2.75, 3.05) is 6.54 Å². The quantitative estimate of drug-likeness (QED) is 0.734.